The number of aromatic hydroxyl groups is 1. The summed E-state index contributed by atoms with van der Waals surface area (Å²) < 4.78 is 11.7. The summed E-state index contributed by atoms with van der Waals surface area (Å²) in [6, 6.07) is 7.40. The van der Waals surface area contributed by atoms with Crippen molar-refractivity contribution in [1.29, 1.82) is 0 Å². The zero-order chi connectivity index (χ0) is 23.9. The molecule has 0 bridgehead atoms. The summed E-state index contributed by atoms with van der Waals surface area (Å²) >= 11 is 9.48. The van der Waals surface area contributed by atoms with Crippen molar-refractivity contribution in [2.24, 2.45) is 0 Å². The molecule has 1 amide bonds. The lowest BCUT2D eigenvalue weighted by Gasteiger charge is -2.28. The van der Waals surface area contributed by atoms with Crippen LogP contribution in [0.1, 0.15) is 41.6 Å². The molecule has 33 heavy (non-hydrogen) atoms. The molecule has 0 aliphatic carbocycles. The van der Waals surface area contributed by atoms with E-state index in [0.29, 0.717) is 39.1 Å². The fourth-order valence-corrected chi connectivity index (χ4v) is 4.90. The van der Waals surface area contributed by atoms with Gasteiger partial charge in [0.25, 0.3) is 5.91 Å². The Balaban J connectivity index is 1.93. The Morgan fingerprint density at radius 1 is 1.21 bits per heavy atom. The average Bonchev–Trinajstić information content (AvgIpc) is 3.08. The third-order valence-electron chi connectivity index (χ3n) is 6.07. The highest BCUT2D eigenvalue weighted by Crippen LogP contribution is 2.43. The van der Waals surface area contributed by atoms with Gasteiger partial charge < -0.3 is 24.1 Å². The normalized spacial score (nSPS) is 15.5. The maximum Gasteiger partial charge on any atom is 0.290 e. The van der Waals surface area contributed by atoms with E-state index in [-0.39, 0.29) is 34.2 Å². The fraction of sp³-hybridized carbons (Fsp3) is 0.333. The van der Waals surface area contributed by atoms with Crippen LogP contribution in [0.3, 0.4) is 0 Å². The summed E-state index contributed by atoms with van der Waals surface area (Å²) in [6.45, 7) is 6.84. The van der Waals surface area contributed by atoms with E-state index in [0.717, 1.165) is 13.1 Å². The number of amides is 1. The first-order valence-corrected chi connectivity index (χ1v) is 11.8. The van der Waals surface area contributed by atoms with Crippen LogP contribution in [0.4, 0.5) is 0 Å². The number of benzene rings is 2. The molecule has 2 heterocycles. The van der Waals surface area contributed by atoms with Crippen molar-refractivity contribution in [3.05, 3.63) is 66.9 Å². The minimum absolute atomic E-state index is 0.0301. The summed E-state index contributed by atoms with van der Waals surface area (Å²) in [4.78, 5) is 30.9. The third kappa shape index (κ3) is 4.11. The van der Waals surface area contributed by atoms with Crippen molar-refractivity contribution in [3.8, 4) is 11.5 Å². The zero-order valence-corrected chi connectivity index (χ0v) is 20.9. The maximum atomic E-state index is 13.6. The first-order valence-electron chi connectivity index (χ1n) is 10.7. The smallest absolute Gasteiger partial charge is 0.290 e. The highest BCUT2D eigenvalue weighted by atomic mass is 79.9. The molecule has 1 aromatic heterocycles. The quantitative estimate of drug-likeness (QED) is 0.468. The van der Waals surface area contributed by atoms with Gasteiger partial charge in [-0.05, 0) is 64.9 Å². The standard InChI is InChI=1S/C24H24BrClN2O5/c1-4-27(5-2)8-9-28-20(13-10-16(25)22(30)18(11-13)32-3)19-21(29)15-12-14(26)6-7-17(15)33-23(19)24(28)31/h6-7,10-12,20,30H,4-5,8-9H2,1-3H3. The molecule has 2 aromatic carbocycles. The molecule has 0 saturated heterocycles. The highest BCUT2D eigenvalue weighted by molar-refractivity contribution is 9.10. The van der Waals surface area contributed by atoms with Crippen LogP contribution >= 0.6 is 27.5 Å². The van der Waals surface area contributed by atoms with Crippen molar-refractivity contribution >= 4 is 44.4 Å². The van der Waals surface area contributed by atoms with E-state index in [2.05, 4.69) is 34.7 Å². The molecule has 174 valence electrons. The van der Waals surface area contributed by atoms with Crippen molar-refractivity contribution < 1.29 is 19.1 Å². The van der Waals surface area contributed by atoms with Crippen LogP contribution in [-0.4, -0.2) is 54.1 Å². The number of rotatable bonds is 7. The lowest BCUT2D eigenvalue weighted by molar-refractivity contribution is 0.0708. The summed E-state index contributed by atoms with van der Waals surface area (Å²) in [5.41, 5.74) is 0.886. The molecule has 0 radical (unpaired) electrons. The Morgan fingerprint density at radius 2 is 1.94 bits per heavy atom. The molecule has 1 aliphatic heterocycles. The van der Waals surface area contributed by atoms with Crippen LogP contribution in [0, 0.1) is 0 Å². The largest absolute Gasteiger partial charge is 0.503 e. The SMILES string of the molecule is CCN(CC)CCN1C(=O)c2oc3ccc(Cl)cc3c(=O)c2C1c1cc(Br)c(O)c(OC)c1. The number of hydrogen-bond acceptors (Lipinski definition) is 6. The van der Waals surface area contributed by atoms with Gasteiger partial charge in [0.1, 0.15) is 5.58 Å². The van der Waals surface area contributed by atoms with E-state index in [1.54, 1.807) is 35.2 Å². The Kier molecular flexibility index (Phi) is 6.70. The number of methoxy groups -OCH3 is 1. The molecule has 1 unspecified atom stereocenters. The van der Waals surface area contributed by atoms with E-state index < -0.39 is 6.04 Å². The van der Waals surface area contributed by atoms with Crippen LogP contribution in [0.2, 0.25) is 5.02 Å². The topological polar surface area (TPSA) is 83.2 Å². The second-order valence-electron chi connectivity index (χ2n) is 7.80. The molecule has 1 aliphatic rings. The van der Waals surface area contributed by atoms with Crippen LogP contribution in [0.15, 0.2) is 44.0 Å². The lowest BCUT2D eigenvalue weighted by atomic mass is 9.98. The lowest BCUT2D eigenvalue weighted by Crippen LogP contribution is -2.37. The number of hydrogen-bond donors (Lipinski definition) is 1. The van der Waals surface area contributed by atoms with E-state index in [4.69, 9.17) is 20.8 Å². The summed E-state index contributed by atoms with van der Waals surface area (Å²) in [5, 5.41) is 11.0. The molecular weight excluding hydrogens is 512 g/mol. The Bertz CT molecular complexity index is 1290. The number of fused-ring (bicyclic) bond motifs is 2. The molecule has 1 atom stereocenters. The van der Waals surface area contributed by atoms with E-state index in [1.165, 1.54) is 7.11 Å². The number of phenolic OH excluding ortho intramolecular Hbond substituents is 1. The second kappa shape index (κ2) is 9.37. The number of nitrogens with zero attached hydrogens (tertiary/aromatic N) is 2. The van der Waals surface area contributed by atoms with Gasteiger partial charge in [-0.1, -0.05) is 25.4 Å². The van der Waals surface area contributed by atoms with Crippen LogP contribution in [0.25, 0.3) is 11.0 Å². The fourth-order valence-electron chi connectivity index (χ4n) is 4.27. The minimum atomic E-state index is -0.700. The highest BCUT2D eigenvalue weighted by Gasteiger charge is 2.43. The van der Waals surface area contributed by atoms with Gasteiger partial charge in [0, 0.05) is 18.1 Å². The van der Waals surface area contributed by atoms with Crippen molar-refractivity contribution in [1.82, 2.24) is 9.80 Å². The van der Waals surface area contributed by atoms with Gasteiger partial charge in [-0.2, -0.15) is 0 Å². The molecular formula is C24H24BrClN2O5. The molecule has 0 saturated carbocycles. The number of ether oxygens (including phenoxy) is 1. The predicted molar refractivity (Wildman–Crippen MR) is 131 cm³/mol. The average molecular weight is 536 g/mol. The number of likely N-dealkylation sites (N-methyl/N-ethyl adjacent to an activating group) is 1. The van der Waals surface area contributed by atoms with Crippen molar-refractivity contribution in [2.45, 2.75) is 19.9 Å². The van der Waals surface area contributed by atoms with Crippen LogP contribution < -0.4 is 10.2 Å². The Hall–Kier alpha value is -2.55. The molecule has 4 rings (SSSR count). The number of halogens is 2. The third-order valence-corrected chi connectivity index (χ3v) is 6.91. The first kappa shape index (κ1) is 23.6. The van der Waals surface area contributed by atoms with Crippen molar-refractivity contribution in [3.63, 3.8) is 0 Å². The molecule has 3 aromatic rings. The summed E-state index contributed by atoms with van der Waals surface area (Å²) in [7, 11) is 1.45. The van der Waals surface area contributed by atoms with E-state index in [9.17, 15) is 14.7 Å². The molecule has 7 nitrogen and oxygen atoms in total. The zero-order valence-electron chi connectivity index (χ0n) is 18.5. The number of carbonyl (C=O) groups is 1. The molecule has 1 N–H and O–H groups in total. The van der Waals surface area contributed by atoms with E-state index in [1.807, 2.05) is 0 Å². The summed E-state index contributed by atoms with van der Waals surface area (Å²) in [5.74, 6) is -0.142. The predicted octanol–water partition coefficient (Wildman–Crippen LogP) is 4.81. The second-order valence-corrected chi connectivity index (χ2v) is 9.09. The minimum Gasteiger partial charge on any atom is -0.503 e. The van der Waals surface area contributed by atoms with Gasteiger partial charge in [0.2, 0.25) is 5.76 Å². The van der Waals surface area contributed by atoms with Gasteiger partial charge in [0.05, 0.1) is 28.6 Å². The van der Waals surface area contributed by atoms with Gasteiger partial charge in [-0.3, -0.25) is 9.59 Å². The monoisotopic (exact) mass is 534 g/mol. The Morgan fingerprint density at radius 3 is 2.61 bits per heavy atom. The molecule has 0 spiro atoms. The molecule has 9 heteroatoms. The van der Waals surface area contributed by atoms with Gasteiger partial charge in [-0.25, -0.2) is 0 Å². The molecule has 0 fully saturated rings. The summed E-state index contributed by atoms with van der Waals surface area (Å²) in [6.07, 6.45) is 0. The van der Waals surface area contributed by atoms with Crippen LogP contribution in [-0.2, 0) is 0 Å². The van der Waals surface area contributed by atoms with E-state index >= 15 is 0 Å². The van der Waals surface area contributed by atoms with Gasteiger partial charge in [0.15, 0.2) is 16.9 Å². The maximum absolute atomic E-state index is 13.6. The number of carbonyl (C=O) groups excluding carboxylic acids is 1. The van der Waals surface area contributed by atoms with Crippen LogP contribution in [0.5, 0.6) is 11.5 Å². The first-order chi connectivity index (χ1) is 15.8. The number of phenols is 1. The van der Waals surface area contributed by atoms with Gasteiger partial charge >= 0.3 is 0 Å². The van der Waals surface area contributed by atoms with Gasteiger partial charge in [-0.15, -0.1) is 0 Å². The van der Waals surface area contributed by atoms with Crippen molar-refractivity contribution in [2.75, 3.05) is 33.3 Å². The Labute approximate surface area is 204 Å².